The highest BCUT2D eigenvalue weighted by atomic mass is 32.1. The second kappa shape index (κ2) is 5.04. The standard InChI is InChI=1S/C11H11F3N2O3S/c12-11(13,14)8-15-6(5-20-8)7(17)16-10(9(18)19)3-1-2-4-10/h5H,1-4H2,(H,16,17)(H,18,19). The van der Waals surface area contributed by atoms with Gasteiger partial charge in [0.05, 0.1) is 0 Å². The van der Waals surface area contributed by atoms with Crippen LogP contribution in [0, 0.1) is 0 Å². The molecule has 0 spiro atoms. The molecule has 110 valence electrons. The molecule has 2 N–H and O–H groups in total. The highest BCUT2D eigenvalue weighted by Crippen LogP contribution is 2.33. The van der Waals surface area contributed by atoms with E-state index in [1.807, 2.05) is 0 Å². The van der Waals surface area contributed by atoms with Gasteiger partial charge in [-0.25, -0.2) is 9.78 Å². The van der Waals surface area contributed by atoms with Gasteiger partial charge >= 0.3 is 12.1 Å². The summed E-state index contributed by atoms with van der Waals surface area (Å²) in [5.74, 6) is -2.06. The Bertz CT molecular complexity index is 535. The van der Waals surface area contributed by atoms with E-state index >= 15 is 0 Å². The monoisotopic (exact) mass is 308 g/mol. The number of carboxylic acids is 1. The molecule has 2 rings (SSSR count). The maximum atomic E-state index is 12.4. The van der Waals surface area contributed by atoms with Crippen molar-refractivity contribution in [2.75, 3.05) is 0 Å². The van der Waals surface area contributed by atoms with Crippen LogP contribution in [0.3, 0.4) is 0 Å². The predicted octanol–water partition coefficient (Wildman–Crippen LogP) is 2.29. The summed E-state index contributed by atoms with van der Waals surface area (Å²) in [5.41, 5.74) is -1.80. The number of nitrogens with one attached hydrogen (secondary N) is 1. The number of hydrogen-bond acceptors (Lipinski definition) is 4. The third-order valence-electron chi connectivity index (χ3n) is 3.20. The first kappa shape index (κ1) is 14.8. The van der Waals surface area contributed by atoms with Gasteiger partial charge in [0.25, 0.3) is 5.91 Å². The lowest BCUT2D eigenvalue weighted by Gasteiger charge is -2.24. The molecule has 20 heavy (non-hydrogen) atoms. The first-order valence-corrected chi connectivity index (χ1v) is 6.71. The molecular formula is C11H11F3N2O3S. The summed E-state index contributed by atoms with van der Waals surface area (Å²) in [7, 11) is 0. The first-order valence-electron chi connectivity index (χ1n) is 5.83. The summed E-state index contributed by atoms with van der Waals surface area (Å²) >= 11 is 0.306. The van der Waals surface area contributed by atoms with Crippen molar-refractivity contribution in [1.29, 1.82) is 0 Å². The number of nitrogens with zero attached hydrogens (tertiary/aromatic N) is 1. The van der Waals surface area contributed by atoms with Crippen LogP contribution < -0.4 is 5.32 Å². The molecule has 1 aromatic rings. The van der Waals surface area contributed by atoms with Crippen molar-refractivity contribution in [1.82, 2.24) is 10.3 Å². The van der Waals surface area contributed by atoms with Gasteiger partial charge in [0.2, 0.25) is 0 Å². The molecular weight excluding hydrogens is 297 g/mol. The summed E-state index contributed by atoms with van der Waals surface area (Å²) < 4.78 is 37.2. The zero-order valence-corrected chi connectivity index (χ0v) is 11.0. The van der Waals surface area contributed by atoms with Crippen molar-refractivity contribution >= 4 is 23.2 Å². The van der Waals surface area contributed by atoms with Crippen LogP contribution in [0.2, 0.25) is 0 Å². The third kappa shape index (κ3) is 2.77. The topological polar surface area (TPSA) is 79.3 Å². The largest absolute Gasteiger partial charge is 0.480 e. The maximum absolute atomic E-state index is 12.4. The molecule has 5 nitrogen and oxygen atoms in total. The number of carbonyl (C=O) groups is 2. The summed E-state index contributed by atoms with van der Waals surface area (Å²) in [5, 5.41) is 11.3. The van der Waals surface area contributed by atoms with E-state index in [1.165, 1.54) is 0 Å². The fourth-order valence-corrected chi connectivity index (χ4v) is 2.83. The molecule has 1 aliphatic rings. The number of aromatic nitrogens is 1. The Morgan fingerprint density at radius 3 is 2.40 bits per heavy atom. The molecule has 1 heterocycles. The van der Waals surface area contributed by atoms with E-state index in [2.05, 4.69) is 10.3 Å². The minimum absolute atomic E-state index is 0.268. The number of halogens is 3. The number of alkyl halides is 3. The fraction of sp³-hybridized carbons (Fsp3) is 0.545. The summed E-state index contributed by atoms with van der Waals surface area (Å²) in [6.45, 7) is 0. The summed E-state index contributed by atoms with van der Waals surface area (Å²) in [6.07, 6.45) is -2.77. The Morgan fingerprint density at radius 2 is 1.95 bits per heavy atom. The second-order valence-electron chi connectivity index (χ2n) is 4.58. The maximum Gasteiger partial charge on any atom is 0.443 e. The lowest BCUT2D eigenvalue weighted by molar-refractivity contribution is -0.144. The van der Waals surface area contributed by atoms with E-state index in [4.69, 9.17) is 0 Å². The minimum Gasteiger partial charge on any atom is -0.480 e. The van der Waals surface area contributed by atoms with Gasteiger partial charge in [0, 0.05) is 5.38 Å². The number of amides is 1. The Labute approximate surface area is 115 Å². The third-order valence-corrected chi connectivity index (χ3v) is 4.09. The number of carbonyl (C=O) groups excluding carboxylic acids is 1. The fourth-order valence-electron chi connectivity index (χ4n) is 2.16. The first-order chi connectivity index (χ1) is 9.24. The molecule has 0 saturated heterocycles. The summed E-state index contributed by atoms with van der Waals surface area (Å²) in [4.78, 5) is 26.3. The number of thiazole rings is 1. The average molecular weight is 308 g/mol. The van der Waals surface area contributed by atoms with Gasteiger partial charge in [-0.1, -0.05) is 12.8 Å². The molecule has 0 aromatic carbocycles. The Kier molecular flexibility index (Phi) is 3.72. The Balaban J connectivity index is 2.16. The van der Waals surface area contributed by atoms with Gasteiger partial charge in [0.15, 0.2) is 5.01 Å². The molecule has 0 atom stereocenters. The van der Waals surface area contributed by atoms with Gasteiger partial charge < -0.3 is 10.4 Å². The SMILES string of the molecule is O=C(NC1(C(=O)O)CCCC1)c1csc(C(F)(F)F)n1. The molecule has 9 heteroatoms. The number of rotatable bonds is 3. The van der Waals surface area contributed by atoms with Crippen LogP contribution in [-0.4, -0.2) is 27.5 Å². The van der Waals surface area contributed by atoms with E-state index in [0.29, 0.717) is 24.2 Å². The molecule has 1 aromatic heterocycles. The van der Waals surface area contributed by atoms with Crippen LogP contribution in [0.25, 0.3) is 0 Å². The predicted molar refractivity (Wildman–Crippen MR) is 63.4 cm³/mol. The van der Waals surface area contributed by atoms with Crippen molar-refractivity contribution in [3.8, 4) is 0 Å². The normalized spacial score (nSPS) is 17.9. The molecule has 0 bridgehead atoms. The zero-order chi connectivity index (χ0) is 15.0. The van der Waals surface area contributed by atoms with E-state index in [-0.39, 0.29) is 12.8 Å². The Morgan fingerprint density at radius 1 is 1.35 bits per heavy atom. The molecule has 0 unspecified atom stereocenters. The molecule has 0 aliphatic heterocycles. The smallest absolute Gasteiger partial charge is 0.443 e. The van der Waals surface area contributed by atoms with E-state index < -0.39 is 34.3 Å². The average Bonchev–Trinajstić information content (AvgIpc) is 2.96. The lowest BCUT2D eigenvalue weighted by Crippen LogP contribution is -2.52. The zero-order valence-electron chi connectivity index (χ0n) is 10.2. The number of carboxylic acid groups (broad SMARTS) is 1. The lowest BCUT2D eigenvalue weighted by atomic mass is 9.98. The van der Waals surface area contributed by atoms with Crippen LogP contribution in [0.15, 0.2) is 5.38 Å². The second-order valence-corrected chi connectivity index (χ2v) is 5.44. The van der Waals surface area contributed by atoms with Crippen molar-refractivity contribution in [2.24, 2.45) is 0 Å². The van der Waals surface area contributed by atoms with Crippen LogP contribution in [-0.2, 0) is 11.0 Å². The number of hydrogen-bond donors (Lipinski definition) is 2. The van der Waals surface area contributed by atoms with Crippen molar-refractivity contribution in [3.63, 3.8) is 0 Å². The summed E-state index contributed by atoms with van der Waals surface area (Å²) in [6, 6.07) is 0. The van der Waals surface area contributed by atoms with Gasteiger partial charge in [-0.05, 0) is 12.8 Å². The van der Waals surface area contributed by atoms with Gasteiger partial charge in [0.1, 0.15) is 11.2 Å². The van der Waals surface area contributed by atoms with Gasteiger partial charge in [-0.3, -0.25) is 4.79 Å². The molecule has 1 aliphatic carbocycles. The van der Waals surface area contributed by atoms with Gasteiger partial charge in [-0.15, -0.1) is 11.3 Å². The van der Waals surface area contributed by atoms with Crippen molar-refractivity contribution < 1.29 is 27.9 Å². The minimum atomic E-state index is -4.61. The van der Waals surface area contributed by atoms with E-state index in [9.17, 15) is 27.9 Å². The van der Waals surface area contributed by atoms with E-state index in [0.717, 1.165) is 5.38 Å². The molecule has 1 fully saturated rings. The molecule has 1 saturated carbocycles. The highest BCUT2D eigenvalue weighted by molar-refractivity contribution is 7.09. The van der Waals surface area contributed by atoms with Crippen molar-refractivity contribution in [2.45, 2.75) is 37.4 Å². The van der Waals surface area contributed by atoms with Crippen LogP contribution in [0.4, 0.5) is 13.2 Å². The Hall–Kier alpha value is -1.64. The van der Waals surface area contributed by atoms with E-state index in [1.54, 1.807) is 0 Å². The van der Waals surface area contributed by atoms with Crippen molar-refractivity contribution in [3.05, 3.63) is 16.1 Å². The number of aliphatic carboxylic acids is 1. The van der Waals surface area contributed by atoms with Crippen LogP contribution >= 0.6 is 11.3 Å². The molecule has 1 amide bonds. The van der Waals surface area contributed by atoms with Crippen LogP contribution in [0.1, 0.15) is 41.2 Å². The molecule has 0 radical (unpaired) electrons. The highest BCUT2D eigenvalue weighted by Gasteiger charge is 2.43. The van der Waals surface area contributed by atoms with Crippen LogP contribution in [0.5, 0.6) is 0 Å². The van der Waals surface area contributed by atoms with Gasteiger partial charge in [-0.2, -0.15) is 13.2 Å². The quantitative estimate of drug-likeness (QED) is 0.898.